The van der Waals surface area contributed by atoms with Crippen LogP contribution in [0.3, 0.4) is 0 Å². The Bertz CT molecular complexity index is 534. The molecule has 1 rings (SSSR count). The summed E-state index contributed by atoms with van der Waals surface area (Å²) >= 11 is 11.1. The van der Waals surface area contributed by atoms with Gasteiger partial charge in [0.05, 0.1) is 9.95 Å². The summed E-state index contributed by atoms with van der Waals surface area (Å²) < 4.78 is 35.7. The molecule has 0 heterocycles. The average molecular weight is 317 g/mol. The normalized spacial score (nSPS) is 11.2. The molecule has 104 valence electrons. The number of benzene rings is 1. The molecular formula is C9H5Cl2F3N2O3. The van der Waals surface area contributed by atoms with Crippen LogP contribution in [-0.2, 0) is 0 Å². The summed E-state index contributed by atoms with van der Waals surface area (Å²) in [5, 5.41) is 11.5. The molecule has 0 atom stereocenters. The fraction of sp³-hybridized carbons (Fsp3) is 0.222. The summed E-state index contributed by atoms with van der Waals surface area (Å²) in [5.74, 6) is -1.14. The van der Waals surface area contributed by atoms with E-state index in [0.29, 0.717) is 0 Å². The Labute approximate surface area is 114 Å². The second-order valence-corrected chi connectivity index (χ2v) is 4.13. The minimum absolute atomic E-state index is 0.298. The van der Waals surface area contributed by atoms with Gasteiger partial charge >= 0.3 is 6.18 Å². The Hall–Kier alpha value is -1.54. The monoisotopic (exact) mass is 316 g/mol. The van der Waals surface area contributed by atoms with Gasteiger partial charge in [0.15, 0.2) is 0 Å². The van der Waals surface area contributed by atoms with Crippen LogP contribution in [-0.4, -0.2) is 23.6 Å². The molecule has 0 fully saturated rings. The van der Waals surface area contributed by atoms with Gasteiger partial charge in [-0.15, -0.1) is 0 Å². The van der Waals surface area contributed by atoms with Crippen LogP contribution >= 0.6 is 23.2 Å². The highest BCUT2D eigenvalue weighted by atomic mass is 35.5. The Morgan fingerprint density at radius 2 is 1.95 bits per heavy atom. The number of hydrogen-bond acceptors (Lipinski definition) is 3. The minimum Gasteiger partial charge on any atom is -0.343 e. The van der Waals surface area contributed by atoms with Crippen molar-refractivity contribution in [2.75, 3.05) is 6.54 Å². The molecule has 0 aliphatic carbocycles. The average Bonchev–Trinajstić information content (AvgIpc) is 2.28. The van der Waals surface area contributed by atoms with E-state index in [-0.39, 0.29) is 15.6 Å². The maximum atomic E-state index is 11.9. The van der Waals surface area contributed by atoms with Gasteiger partial charge in [-0.05, 0) is 6.07 Å². The van der Waals surface area contributed by atoms with Crippen LogP contribution < -0.4 is 5.32 Å². The summed E-state index contributed by atoms with van der Waals surface area (Å²) in [5.41, 5.74) is -1.04. The first-order valence-electron chi connectivity index (χ1n) is 4.60. The molecule has 0 aliphatic rings. The van der Waals surface area contributed by atoms with Crippen LogP contribution in [0.4, 0.5) is 18.9 Å². The number of amides is 1. The van der Waals surface area contributed by atoms with Crippen molar-refractivity contribution in [2.45, 2.75) is 6.18 Å². The molecule has 0 unspecified atom stereocenters. The predicted octanol–water partition coefficient (Wildman–Crippen LogP) is 3.19. The SMILES string of the molecule is O=C(NCC(F)(F)F)c1cc(Cl)c(Cl)c([N+](=O)[O-])c1. The van der Waals surface area contributed by atoms with Crippen LogP contribution in [0, 0.1) is 10.1 Å². The van der Waals surface area contributed by atoms with Gasteiger partial charge in [0, 0.05) is 11.6 Å². The van der Waals surface area contributed by atoms with E-state index in [2.05, 4.69) is 0 Å². The van der Waals surface area contributed by atoms with Gasteiger partial charge in [-0.2, -0.15) is 13.2 Å². The standard InChI is InChI=1S/C9H5Cl2F3N2O3/c10-5-1-4(2-6(7(5)11)16(18)19)8(17)15-3-9(12,13)14/h1-2H,3H2,(H,15,17). The third-order valence-electron chi connectivity index (χ3n) is 1.92. The predicted molar refractivity (Wildman–Crippen MR) is 61.5 cm³/mol. The van der Waals surface area contributed by atoms with Crippen LogP contribution in [0.5, 0.6) is 0 Å². The highest BCUT2D eigenvalue weighted by Gasteiger charge is 2.28. The summed E-state index contributed by atoms with van der Waals surface area (Å²) in [7, 11) is 0. The van der Waals surface area contributed by atoms with E-state index in [9.17, 15) is 28.1 Å². The van der Waals surface area contributed by atoms with Crippen LogP contribution in [0.1, 0.15) is 10.4 Å². The lowest BCUT2D eigenvalue weighted by Gasteiger charge is -2.09. The van der Waals surface area contributed by atoms with E-state index in [1.165, 1.54) is 0 Å². The van der Waals surface area contributed by atoms with Crippen molar-refractivity contribution in [1.82, 2.24) is 5.32 Å². The first kappa shape index (κ1) is 15.5. The smallest absolute Gasteiger partial charge is 0.343 e. The second-order valence-electron chi connectivity index (χ2n) is 3.35. The molecule has 1 amide bonds. The van der Waals surface area contributed by atoms with Crippen molar-refractivity contribution < 1.29 is 22.9 Å². The highest BCUT2D eigenvalue weighted by molar-refractivity contribution is 6.43. The number of hydrogen-bond donors (Lipinski definition) is 1. The van der Waals surface area contributed by atoms with Gasteiger partial charge in [-0.25, -0.2) is 0 Å². The van der Waals surface area contributed by atoms with Gasteiger partial charge in [0.2, 0.25) is 0 Å². The van der Waals surface area contributed by atoms with Crippen molar-refractivity contribution in [2.24, 2.45) is 0 Å². The summed E-state index contributed by atoms with van der Waals surface area (Å²) in [6.45, 7) is -1.56. The van der Waals surface area contributed by atoms with Crippen molar-refractivity contribution >= 4 is 34.8 Å². The van der Waals surface area contributed by atoms with E-state index < -0.39 is 29.2 Å². The van der Waals surface area contributed by atoms with E-state index in [0.717, 1.165) is 12.1 Å². The van der Waals surface area contributed by atoms with E-state index in [1.807, 2.05) is 0 Å². The Balaban J connectivity index is 3.02. The number of nitro groups is 1. The zero-order chi connectivity index (χ0) is 14.8. The fourth-order valence-corrected chi connectivity index (χ4v) is 1.51. The number of nitrogens with one attached hydrogen (secondary N) is 1. The molecule has 19 heavy (non-hydrogen) atoms. The number of rotatable bonds is 3. The number of carbonyl (C=O) groups excluding carboxylic acids is 1. The number of alkyl halides is 3. The first-order chi connectivity index (χ1) is 8.61. The maximum absolute atomic E-state index is 11.9. The molecule has 0 bridgehead atoms. The molecule has 1 aromatic rings. The second kappa shape index (κ2) is 5.62. The maximum Gasteiger partial charge on any atom is 0.405 e. The fourth-order valence-electron chi connectivity index (χ4n) is 1.12. The summed E-state index contributed by atoms with van der Waals surface area (Å²) in [4.78, 5) is 21.1. The molecule has 1 N–H and O–H groups in total. The molecule has 0 aliphatic heterocycles. The van der Waals surface area contributed by atoms with Crippen molar-refractivity contribution in [1.29, 1.82) is 0 Å². The van der Waals surface area contributed by atoms with Crippen LogP contribution in [0.15, 0.2) is 12.1 Å². The first-order valence-corrected chi connectivity index (χ1v) is 5.36. The molecular weight excluding hydrogens is 312 g/mol. The molecule has 0 aromatic heterocycles. The molecule has 0 saturated heterocycles. The Morgan fingerprint density at radius 3 is 2.42 bits per heavy atom. The lowest BCUT2D eigenvalue weighted by atomic mass is 10.2. The van der Waals surface area contributed by atoms with E-state index in [1.54, 1.807) is 5.32 Å². The van der Waals surface area contributed by atoms with Crippen LogP contribution in [0.2, 0.25) is 10.0 Å². The van der Waals surface area contributed by atoms with E-state index in [4.69, 9.17) is 23.2 Å². The molecule has 5 nitrogen and oxygen atoms in total. The molecule has 0 radical (unpaired) electrons. The van der Waals surface area contributed by atoms with Crippen molar-refractivity contribution in [3.05, 3.63) is 37.9 Å². The number of nitro benzene ring substituents is 1. The van der Waals surface area contributed by atoms with Crippen molar-refractivity contribution in [3.8, 4) is 0 Å². The molecule has 0 saturated carbocycles. The third kappa shape index (κ3) is 4.25. The zero-order valence-corrected chi connectivity index (χ0v) is 10.4. The number of nitrogens with zero attached hydrogens (tertiary/aromatic N) is 1. The lowest BCUT2D eigenvalue weighted by molar-refractivity contribution is -0.384. The molecule has 1 aromatic carbocycles. The largest absolute Gasteiger partial charge is 0.405 e. The van der Waals surface area contributed by atoms with Gasteiger partial charge < -0.3 is 5.32 Å². The molecule has 0 spiro atoms. The summed E-state index contributed by atoms with van der Waals surface area (Å²) in [6, 6.07) is 1.70. The van der Waals surface area contributed by atoms with Crippen molar-refractivity contribution in [3.63, 3.8) is 0 Å². The summed E-state index contributed by atoms with van der Waals surface area (Å²) in [6.07, 6.45) is -4.59. The lowest BCUT2D eigenvalue weighted by Crippen LogP contribution is -2.33. The topological polar surface area (TPSA) is 72.2 Å². The van der Waals surface area contributed by atoms with Gasteiger partial charge in [0.1, 0.15) is 11.6 Å². The molecule has 10 heteroatoms. The Morgan fingerprint density at radius 1 is 1.37 bits per heavy atom. The minimum atomic E-state index is -4.59. The quantitative estimate of drug-likeness (QED) is 0.687. The van der Waals surface area contributed by atoms with Gasteiger partial charge in [-0.3, -0.25) is 14.9 Å². The highest BCUT2D eigenvalue weighted by Crippen LogP contribution is 2.33. The van der Waals surface area contributed by atoms with Gasteiger partial charge in [-0.1, -0.05) is 23.2 Å². The number of carbonyl (C=O) groups is 1. The van der Waals surface area contributed by atoms with Crippen LogP contribution in [0.25, 0.3) is 0 Å². The Kier molecular flexibility index (Phi) is 4.59. The third-order valence-corrected chi connectivity index (χ3v) is 2.71. The van der Waals surface area contributed by atoms with Gasteiger partial charge in [0.25, 0.3) is 11.6 Å². The van der Waals surface area contributed by atoms with E-state index >= 15 is 0 Å². The number of halogens is 5. The zero-order valence-electron chi connectivity index (χ0n) is 8.92.